The van der Waals surface area contributed by atoms with Crippen LogP contribution >= 0.6 is 22.9 Å². The minimum absolute atomic E-state index is 0.143. The van der Waals surface area contributed by atoms with E-state index in [0.29, 0.717) is 15.6 Å². The number of aryl methyl sites for hydroxylation is 1. The molecule has 35 heavy (non-hydrogen) atoms. The number of hydrazine groups is 1. The molecule has 0 fully saturated rings. The molecule has 3 amide bonds. The van der Waals surface area contributed by atoms with Crippen molar-refractivity contribution in [3.63, 3.8) is 0 Å². The number of rotatable bonds is 5. The summed E-state index contributed by atoms with van der Waals surface area (Å²) in [5.74, 6) is -1.57. The van der Waals surface area contributed by atoms with Crippen LogP contribution in [0.15, 0.2) is 66.7 Å². The lowest BCUT2D eigenvalue weighted by Crippen LogP contribution is -2.41. The molecule has 0 radical (unpaired) electrons. The highest BCUT2D eigenvalue weighted by molar-refractivity contribution is 7.21. The fourth-order valence-electron chi connectivity index (χ4n) is 3.20. The molecular weight excluding hydrogens is 492 g/mol. The highest BCUT2D eigenvalue weighted by Gasteiger charge is 2.18. The Balaban J connectivity index is 1.36. The summed E-state index contributed by atoms with van der Waals surface area (Å²) in [6.45, 7) is 1.96. The summed E-state index contributed by atoms with van der Waals surface area (Å²) in [4.78, 5) is 47.7. The van der Waals surface area contributed by atoms with Gasteiger partial charge in [-0.1, -0.05) is 23.7 Å². The van der Waals surface area contributed by atoms with Crippen LogP contribution in [0.4, 0.5) is 11.4 Å². The van der Waals surface area contributed by atoms with E-state index in [1.807, 2.05) is 25.1 Å². The number of halogens is 1. The Morgan fingerprint density at radius 3 is 2.00 bits per heavy atom. The molecule has 0 aliphatic rings. The summed E-state index contributed by atoms with van der Waals surface area (Å²) in [5, 5.41) is 14.7. The van der Waals surface area contributed by atoms with Gasteiger partial charge in [-0.3, -0.25) is 35.3 Å². The Labute approximate surface area is 207 Å². The number of hydrogen-bond donors (Lipinski definition) is 3. The molecule has 3 N–H and O–H groups in total. The maximum Gasteiger partial charge on any atom is 0.269 e. The molecule has 0 atom stereocenters. The average molecular weight is 509 g/mol. The van der Waals surface area contributed by atoms with Gasteiger partial charge in [0.25, 0.3) is 23.4 Å². The van der Waals surface area contributed by atoms with Crippen molar-refractivity contribution in [1.82, 2.24) is 10.9 Å². The fourth-order valence-corrected chi connectivity index (χ4v) is 4.71. The molecule has 11 heteroatoms. The van der Waals surface area contributed by atoms with Gasteiger partial charge in [-0.25, -0.2) is 0 Å². The molecule has 0 aliphatic carbocycles. The smallest absolute Gasteiger partial charge is 0.269 e. The molecule has 0 unspecified atom stereocenters. The summed E-state index contributed by atoms with van der Waals surface area (Å²) < 4.78 is 0.919. The van der Waals surface area contributed by atoms with Gasteiger partial charge >= 0.3 is 0 Å². The first-order valence-electron chi connectivity index (χ1n) is 10.2. The van der Waals surface area contributed by atoms with Gasteiger partial charge in [0.05, 0.1) is 9.95 Å². The zero-order valence-electron chi connectivity index (χ0n) is 18.1. The van der Waals surface area contributed by atoms with Crippen LogP contribution in [0, 0.1) is 17.0 Å². The van der Waals surface area contributed by atoms with Crippen LogP contribution in [-0.4, -0.2) is 22.6 Å². The molecule has 9 nitrogen and oxygen atoms in total. The van der Waals surface area contributed by atoms with E-state index in [9.17, 15) is 24.5 Å². The van der Waals surface area contributed by atoms with Crippen LogP contribution in [0.25, 0.3) is 10.1 Å². The molecule has 0 saturated heterocycles. The molecule has 1 aromatic heterocycles. The van der Waals surface area contributed by atoms with Crippen molar-refractivity contribution >= 4 is 62.1 Å². The van der Waals surface area contributed by atoms with Gasteiger partial charge in [0, 0.05) is 39.0 Å². The van der Waals surface area contributed by atoms with Crippen molar-refractivity contribution in [3.8, 4) is 0 Å². The molecule has 0 spiro atoms. The van der Waals surface area contributed by atoms with Crippen LogP contribution in [0.5, 0.6) is 0 Å². The minimum atomic E-state index is -0.632. The zero-order chi connectivity index (χ0) is 25.1. The SMILES string of the molecule is Cc1ccc2c(Cl)c(C(=O)Nc3ccc(C(=O)NNC(=O)c4ccc([N+](=O)[O-])cc4)cc3)sc2c1. The Morgan fingerprint density at radius 2 is 1.43 bits per heavy atom. The molecule has 176 valence electrons. The van der Waals surface area contributed by atoms with E-state index in [-0.39, 0.29) is 22.7 Å². The van der Waals surface area contributed by atoms with E-state index >= 15 is 0 Å². The Bertz CT molecular complexity index is 1470. The van der Waals surface area contributed by atoms with E-state index in [2.05, 4.69) is 16.2 Å². The lowest BCUT2D eigenvalue weighted by Gasteiger charge is -2.09. The Kier molecular flexibility index (Phi) is 6.76. The van der Waals surface area contributed by atoms with E-state index in [1.165, 1.54) is 47.7 Å². The topological polar surface area (TPSA) is 130 Å². The first kappa shape index (κ1) is 23.9. The number of non-ortho nitro benzene ring substituents is 1. The molecule has 3 aromatic carbocycles. The molecule has 4 rings (SSSR count). The number of carbonyl (C=O) groups is 3. The van der Waals surface area contributed by atoms with Gasteiger partial charge in [-0.2, -0.15) is 0 Å². The van der Waals surface area contributed by atoms with E-state index < -0.39 is 16.7 Å². The van der Waals surface area contributed by atoms with Crippen LogP contribution < -0.4 is 16.2 Å². The van der Waals surface area contributed by atoms with Crippen LogP contribution in [0.3, 0.4) is 0 Å². The molecule has 4 aromatic rings. The highest BCUT2D eigenvalue weighted by atomic mass is 35.5. The number of nitro benzene ring substituents is 1. The van der Waals surface area contributed by atoms with Gasteiger partial charge in [0.2, 0.25) is 0 Å². The highest BCUT2D eigenvalue weighted by Crippen LogP contribution is 2.36. The van der Waals surface area contributed by atoms with E-state index in [4.69, 9.17) is 11.6 Å². The molecule has 0 aliphatic heterocycles. The lowest BCUT2D eigenvalue weighted by molar-refractivity contribution is -0.384. The number of nitro groups is 1. The minimum Gasteiger partial charge on any atom is -0.321 e. The number of anilines is 1. The number of thiophene rings is 1. The predicted octanol–water partition coefficient (Wildman–Crippen LogP) is 5.10. The second-order valence-electron chi connectivity index (χ2n) is 7.49. The largest absolute Gasteiger partial charge is 0.321 e. The summed E-state index contributed by atoms with van der Waals surface area (Å²) in [6.07, 6.45) is 0. The number of carbonyl (C=O) groups excluding carboxylic acids is 3. The second kappa shape index (κ2) is 9.92. The van der Waals surface area contributed by atoms with Crippen molar-refractivity contribution in [2.45, 2.75) is 6.92 Å². The molecule has 0 saturated carbocycles. The Morgan fingerprint density at radius 1 is 0.857 bits per heavy atom. The second-order valence-corrected chi connectivity index (χ2v) is 8.92. The Hall–Kier alpha value is -4.28. The third kappa shape index (κ3) is 5.29. The van der Waals surface area contributed by atoms with Crippen LogP contribution in [-0.2, 0) is 0 Å². The van der Waals surface area contributed by atoms with E-state index in [0.717, 1.165) is 15.6 Å². The first-order chi connectivity index (χ1) is 16.7. The van der Waals surface area contributed by atoms with Crippen molar-refractivity contribution in [1.29, 1.82) is 0 Å². The monoisotopic (exact) mass is 508 g/mol. The maximum absolute atomic E-state index is 12.7. The van der Waals surface area contributed by atoms with Gasteiger partial charge in [0.1, 0.15) is 4.88 Å². The fraction of sp³-hybridized carbons (Fsp3) is 0.0417. The molecular formula is C24H17ClN4O5S. The number of amides is 3. The molecule has 1 heterocycles. The standard InChI is InChI=1S/C24H17ClN4O5S/c1-13-2-11-18-19(12-13)35-21(20(18)25)24(32)26-16-7-3-14(4-8-16)22(30)27-28-23(31)15-5-9-17(10-6-15)29(33)34/h2-12H,1H3,(H,26,32)(H,27,30)(H,28,31). The van der Waals surface area contributed by atoms with Crippen molar-refractivity contribution in [2.75, 3.05) is 5.32 Å². The normalized spacial score (nSPS) is 10.6. The van der Waals surface area contributed by atoms with Crippen molar-refractivity contribution < 1.29 is 19.3 Å². The maximum atomic E-state index is 12.7. The number of nitrogens with one attached hydrogen (secondary N) is 3. The van der Waals surface area contributed by atoms with Crippen molar-refractivity contribution in [3.05, 3.63) is 103 Å². The van der Waals surface area contributed by atoms with Crippen LogP contribution in [0.1, 0.15) is 36.0 Å². The predicted molar refractivity (Wildman–Crippen MR) is 134 cm³/mol. The number of benzene rings is 3. The number of hydrogen-bond acceptors (Lipinski definition) is 6. The quantitative estimate of drug-likeness (QED) is 0.255. The molecule has 0 bridgehead atoms. The first-order valence-corrected chi connectivity index (χ1v) is 11.4. The zero-order valence-corrected chi connectivity index (χ0v) is 19.7. The average Bonchev–Trinajstić information content (AvgIpc) is 3.18. The third-order valence-electron chi connectivity index (χ3n) is 5.03. The third-order valence-corrected chi connectivity index (χ3v) is 6.68. The van der Waals surface area contributed by atoms with Gasteiger partial charge < -0.3 is 5.32 Å². The number of nitrogens with zero attached hydrogens (tertiary/aromatic N) is 1. The lowest BCUT2D eigenvalue weighted by atomic mass is 10.2. The van der Waals surface area contributed by atoms with Gasteiger partial charge in [0.15, 0.2) is 0 Å². The van der Waals surface area contributed by atoms with E-state index in [1.54, 1.807) is 12.1 Å². The van der Waals surface area contributed by atoms with Gasteiger partial charge in [-0.15, -0.1) is 11.3 Å². The summed E-state index contributed by atoms with van der Waals surface area (Å²) in [7, 11) is 0. The van der Waals surface area contributed by atoms with Crippen LogP contribution in [0.2, 0.25) is 5.02 Å². The summed E-state index contributed by atoms with van der Waals surface area (Å²) >= 11 is 7.70. The van der Waals surface area contributed by atoms with Gasteiger partial charge in [-0.05, 0) is 55.0 Å². The number of fused-ring (bicyclic) bond motifs is 1. The van der Waals surface area contributed by atoms with Crippen molar-refractivity contribution in [2.24, 2.45) is 0 Å². The summed E-state index contributed by atoms with van der Waals surface area (Å²) in [6, 6.07) is 16.8. The summed E-state index contributed by atoms with van der Waals surface area (Å²) in [5.41, 5.74) is 6.28.